The number of benzene rings is 2. The van der Waals surface area contributed by atoms with Gasteiger partial charge >= 0.3 is 0 Å². The molecule has 0 radical (unpaired) electrons. The van der Waals surface area contributed by atoms with Crippen molar-refractivity contribution in [2.24, 2.45) is 0 Å². The van der Waals surface area contributed by atoms with Crippen molar-refractivity contribution >= 4 is 39.1 Å². The standard InChI is InChI=1S/C23H28BrN3O2/c1-15-12-17(23(29)26-19-6-4-3-5-7-19)8-10-20(15)25-14-22(28)27-21-11-9-18(24)13-16(21)2/h8-13,19,25H,3-7,14H2,1-2H3,(H,26,29)(H,27,28). The van der Waals surface area contributed by atoms with Crippen LogP contribution in [0.4, 0.5) is 11.4 Å². The van der Waals surface area contributed by atoms with Crippen LogP contribution in [0.15, 0.2) is 40.9 Å². The molecule has 0 aliphatic heterocycles. The Morgan fingerprint density at radius 2 is 1.66 bits per heavy atom. The number of halogens is 1. The molecule has 3 rings (SSSR count). The van der Waals surface area contributed by atoms with Crippen LogP contribution >= 0.6 is 15.9 Å². The van der Waals surface area contributed by atoms with E-state index in [2.05, 4.69) is 31.9 Å². The van der Waals surface area contributed by atoms with Crippen molar-refractivity contribution in [3.8, 4) is 0 Å². The minimum atomic E-state index is -0.117. The van der Waals surface area contributed by atoms with Crippen LogP contribution < -0.4 is 16.0 Å². The van der Waals surface area contributed by atoms with Crippen LogP contribution in [-0.4, -0.2) is 24.4 Å². The third-order valence-corrected chi connectivity index (χ3v) is 5.82. The zero-order valence-electron chi connectivity index (χ0n) is 17.0. The first-order valence-corrected chi connectivity index (χ1v) is 10.9. The van der Waals surface area contributed by atoms with Gasteiger partial charge in [-0.1, -0.05) is 35.2 Å². The SMILES string of the molecule is Cc1cc(C(=O)NC2CCCCC2)ccc1NCC(=O)Nc1ccc(Br)cc1C. The van der Waals surface area contributed by atoms with Crippen molar-refractivity contribution < 1.29 is 9.59 Å². The van der Waals surface area contributed by atoms with Crippen LogP contribution in [0, 0.1) is 13.8 Å². The first-order valence-electron chi connectivity index (χ1n) is 10.1. The van der Waals surface area contributed by atoms with Crippen LogP contribution in [0.1, 0.15) is 53.6 Å². The predicted molar refractivity (Wildman–Crippen MR) is 122 cm³/mol. The van der Waals surface area contributed by atoms with Crippen molar-refractivity contribution in [2.75, 3.05) is 17.2 Å². The van der Waals surface area contributed by atoms with Gasteiger partial charge in [0.05, 0.1) is 6.54 Å². The maximum atomic E-state index is 12.5. The Morgan fingerprint density at radius 1 is 0.966 bits per heavy atom. The molecule has 0 unspecified atom stereocenters. The average molecular weight is 458 g/mol. The summed E-state index contributed by atoms with van der Waals surface area (Å²) >= 11 is 3.42. The molecule has 1 aliphatic carbocycles. The second-order valence-electron chi connectivity index (χ2n) is 7.70. The molecule has 1 fully saturated rings. The van der Waals surface area contributed by atoms with Gasteiger partial charge in [-0.25, -0.2) is 0 Å². The molecule has 0 saturated heterocycles. The van der Waals surface area contributed by atoms with E-state index in [9.17, 15) is 9.59 Å². The van der Waals surface area contributed by atoms with E-state index in [4.69, 9.17) is 0 Å². The molecule has 2 aromatic rings. The molecule has 0 bridgehead atoms. The van der Waals surface area contributed by atoms with Crippen LogP contribution in [-0.2, 0) is 4.79 Å². The van der Waals surface area contributed by atoms with Gasteiger partial charge in [0.25, 0.3) is 5.91 Å². The normalized spacial score (nSPS) is 14.3. The minimum absolute atomic E-state index is 0.0185. The van der Waals surface area contributed by atoms with Gasteiger partial charge in [-0.3, -0.25) is 9.59 Å². The van der Waals surface area contributed by atoms with Crippen molar-refractivity contribution in [3.63, 3.8) is 0 Å². The molecule has 5 nitrogen and oxygen atoms in total. The topological polar surface area (TPSA) is 70.2 Å². The molecule has 1 aliphatic rings. The Labute approximate surface area is 180 Å². The number of carbonyl (C=O) groups is 2. The van der Waals surface area contributed by atoms with Crippen molar-refractivity contribution in [1.82, 2.24) is 5.32 Å². The molecule has 3 N–H and O–H groups in total. The minimum Gasteiger partial charge on any atom is -0.376 e. The summed E-state index contributed by atoms with van der Waals surface area (Å²) in [6.45, 7) is 4.05. The van der Waals surface area contributed by atoms with Crippen LogP contribution in [0.5, 0.6) is 0 Å². The van der Waals surface area contributed by atoms with Gasteiger partial charge in [-0.05, 0) is 74.2 Å². The smallest absolute Gasteiger partial charge is 0.251 e. The summed E-state index contributed by atoms with van der Waals surface area (Å²) in [6.07, 6.45) is 5.78. The molecule has 29 heavy (non-hydrogen) atoms. The molecule has 0 atom stereocenters. The summed E-state index contributed by atoms with van der Waals surface area (Å²) in [7, 11) is 0. The fourth-order valence-corrected chi connectivity index (χ4v) is 4.13. The van der Waals surface area contributed by atoms with Crippen LogP contribution in [0.25, 0.3) is 0 Å². The number of hydrogen-bond donors (Lipinski definition) is 3. The number of nitrogens with one attached hydrogen (secondary N) is 3. The number of aryl methyl sites for hydroxylation is 2. The second kappa shape index (κ2) is 9.92. The van der Waals surface area contributed by atoms with Crippen LogP contribution in [0.2, 0.25) is 0 Å². The molecular formula is C23H28BrN3O2. The van der Waals surface area contributed by atoms with E-state index < -0.39 is 0 Å². The van der Waals surface area contributed by atoms with Gasteiger partial charge in [0.15, 0.2) is 0 Å². The van der Waals surface area contributed by atoms with Gasteiger partial charge in [0.2, 0.25) is 5.91 Å². The highest BCUT2D eigenvalue weighted by Crippen LogP contribution is 2.21. The van der Waals surface area contributed by atoms with Crippen molar-refractivity contribution in [2.45, 2.75) is 52.0 Å². The highest BCUT2D eigenvalue weighted by atomic mass is 79.9. The van der Waals surface area contributed by atoms with E-state index in [1.165, 1.54) is 19.3 Å². The van der Waals surface area contributed by atoms with Gasteiger partial charge in [-0.15, -0.1) is 0 Å². The average Bonchev–Trinajstić information content (AvgIpc) is 2.70. The Bertz CT molecular complexity index is 892. The van der Waals surface area contributed by atoms with E-state index in [0.717, 1.165) is 39.8 Å². The third kappa shape index (κ3) is 6.07. The summed E-state index contributed by atoms with van der Waals surface area (Å²) in [6, 6.07) is 11.6. The number of carbonyl (C=O) groups excluding carboxylic acids is 2. The van der Waals surface area contributed by atoms with E-state index in [0.29, 0.717) is 11.6 Å². The van der Waals surface area contributed by atoms with Gasteiger partial charge < -0.3 is 16.0 Å². The molecule has 2 aromatic carbocycles. The maximum Gasteiger partial charge on any atom is 0.251 e. The zero-order valence-corrected chi connectivity index (χ0v) is 18.6. The maximum absolute atomic E-state index is 12.5. The fourth-order valence-electron chi connectivity index (χ4n) is 3.66. The number of amides is 2. The van der Waals surface area contributed by atoms with Crippen molar-refractivity contribution in [1.29, 1.82) is 0 Å². The molecule has 154 valence electrons. The number of hydrogen-bond acceptors (Lipinski definition) is 3. The molecule has 0 aromatic heterocycles. The summed E-state index contributed by atoms with van der Waals surface area (Å²) in [5, 5.41) is 9.22. The predicted octanol–water partition coefficient (Wildman–Crippen LogP) is 5.18. The summed E-state index contributed by atoms with van der Waals surface area (Å²) in [5.74, 6) is -0.135. The molecular weight excluding hydrogens is 430 g/mol. The summed E-state index contributed by atoms with van der Waals surface area (Å²) in [5.41, 5.74) is 4.24. The lowest BCUT2D eigenvalue weighted by Gasteiger charge is -2.23. The molecule has 6 heteroatoms. The van der Waals surface area contributed by atoms with E-state index in [1.54, 1.807) is 0 Å². The first-order chi connectivity index (χ1) is 13.9. The largest absolute Gasteiger partial charge is 0.376 e. The summed E-state index contributed by atoms with van der Waals surface area (Å²) in [4.78, 5) is 24.8. The fraction of sp³-hybridized carbons (Fsp3) is 0.391. The van der Waals surface area contributed by atoms with Crippen molar-refractivity contribution in [3.05, 3.63) is 57.6 Å². The zero-order chi connectivity index (χ0) is 20.8. The lowest BCUT2D eigenvalue weighted by atomic mass is 9.95. The monoisotopic (exact) mass is 457 g/mol. The third-order valence-electron chi connectivity index (χ3n) is 5.33. The Kier molecular flexibility index (Phi) is 7.31. The summed E-state index contributed by atoms with van der Waals surface area (Å²) < 4.78 is 0.981. The molecule has 0 spiro atoms. The Morgan fingerprint density at radius 3 is 2.34 bits per heavy atom. The van der Waals surface area contributed by atoms with E-state index in [1.807, 2.05) is 50.2 Å². The van der Waals surface area contributed by atoms with Gasteiger partial charge in [0, 0.05) is 27.5 Å². The molecule has 0 heterocycles. The Hall–Kier alpha value is -2.34. The molecule has 1 saturated carbocycles. The highest BCUT2D eigenvalue weighted by Gasteiger charge is 2.17. The van der Waals surface area contributed by atoms with E-state index >= 15 is 0 Å². The highest BCUT2D eigenvalue weighted by molar-refractivity contribution is 9.10. The number of anilines is 2. The van der Waals surface area contributed by atoms with Crippen LogP contribution in [0.3, 0.4) is 0 Å². The number of rotatable bonds is 6. The lowest BCUT2D eigenvalue weighted by Crippen LogP contribution is -2.36. The lowest BCUT2D eigenvalue weighted by molar-refractivity contribution is -0.114. The second-order valence-corrected chi connectivity index (χ2v) is 8.61. The Balaban J connectivity index is 1.54. The first kappa shape index (κ1) is 21.4. The quantitative estimate of drug-likeness (QED) is 0.559. The van der Waals surface area contributed by atoms with E-state index in [-0.39, 0.29) is 18.4 Å². The molecule has 2 amide bonds. The van der Waals surface area contributed by atoms with Gasteiger partial charge in [0.1, 0.15) is 0 Å². The van der Waals surface area contributed by atoms with Gasteiger partial charge in [-0.2, -0.15) is 0 Å².